The monoisotopic (exact) mass is 512 g/mol. The van der Waals surface area contributed by atoms with E-state index in [-0.39, 0.29) is 55.6 Å². The van der Waals surface area contributed by atoms with Crippen LogP contribution in [-0.2, 0) is 38.7 Å². The number of hydrogen-bond donors (Lipinski definition) is 1. The Kier molecular flexibility index (Phi) is 18.9. The van der Waals surface area contributed by atoms with E-state index in [1.54, 1.807) is 0 Å². The zero-order valence-electron chi connectivity index (χ0n) is 20.7. The van der Waals surface area contributed by atoms with E-state index in [0.29, 0.717) is 38.5 Å². The van der Waals surface area contributed by atoms with Crippen LogP contribution < -0.4 is 0 Å². The van der Waals surface area contributed by atoms with Crippen LogP contribution in [0.4, 0.5) is 0 Å². The van der Waals surface area contributed by atoms with Gasteiger partial charge < -0.3 is 14.2 Å². The van der Waals surface area contributed by atoms with Crippen molar-refractivity contribution in [3.05, 3.63) is 24.3 Å². The molecule has 0 aliphatic rings. The van der Waals surface area contributed by atoms with Crippen molar-refractivity contribution in [3.8, 4) is 0 Å². The number of carbonyl (C=O) groups is 3. The van der Waals surface area contributed by atoms with Gasteiger partial charge in [-0.15, -0.1) is 0 Å². The van der Waals surface area contributed by atoms with Gasteiger partial charge in [0.2, 0.25) is 0 Å². The molecule has 0 bridgehead atoms. The van der Waals surface area contributed by atoms with Crippen molar-refractivity contribution in [1.82, 2.24) is 0 Å². The molecule has 11 heteroatoms. The van der Waals surface area contributed by atoms with Gasteiger partial charge in [-0.3, -0.25) is 9.35 Å². The fourth-order valence-electron chi connectivity index (χ4n) is 3.01. The van der Waals surface area contributed by atoms with E-state index in [2.05, 4.69) is 20.1 Å². The number of esters is 3. The van der Waals surface area contributed by atoms with Gasteiger partial charge in [0.15, 0.2) is 0 Å². The summed E-state index contributed by atoms with van der Waals surface area (Å²) in [6.07, 6.45) is 5.69. The van der Waals surface area contributed by atoms with E-state index in [1.807, 2.05) is 0 Å². The molecule has 0 aromatic heterocycles. The van der Waals surface area contributed by atoms with Gasteiger partial charge in [0.05, 0.1) is 12.4 Å². The average molecular weight is 513 g/mol. The van der Waals surface area contributed by atoms with Gasteiger partial charge >= 0.3 is 36.8 Å². The summed E-state index contributed by atoms with van der Waals surface area (Å²) in [6, 6.07) is 0. The number of rotatable bonds is 19. The molecular formula is C24H41LiO9S. The topological polar surface area (TPSA) is 133 Å². The van der Waals surface area contributed by atoms with Crippen molar-refractivity contribution in [1.29, 1.82) is 0 Å². The number of hydrogen-bond acceptors (Lipinski definition) is 8. The third-order valence-electron chi connectivity index (χ3n) is 5.13. The van der Waals surface area contributed by atoms with Crippen molar-refractivity contribution in [2.45, 2.75) is 78.6 Å². The Morgan fingerprint density at radius 3 is 1.74 bits per heavy atom. The summed E-state index contributed by atoms with van der Waals surface area (Å²) in [5.41, 5.74) is -1.01. The van der Waals surface area contributed by atoms with Crippen molar-refractivity contribution in [3.63, 3.8) is 0 Å². The molecule has 0 amide bonds. The fourth-order valence-corrected chi connectivity index (χ4v) is 3.58. The van der Waals surface area contributed by atoms with Gasteiger partial charge in [0.1, 0.15) is 18.6 Å². The Morgan fingerprint density at radius 1 is 0.800 bits per heavy atom. The van der Waals surface area contributed by atoms with E-state index in [1.165, 1.54) is 13.8 Å². The maximum atomic E-state index is 13.2. The molecular weight excluding hydrogens is 471 g/mol. The summed E-state index contributed by atoms with van der Waals surface area (Å²) >= 11 is 0. The minimum absolute atomic E-state index is 0. The molecule has 0 unspecified atom stereocenters. The molecule has 35 heavy (non-hydrogen) atoms. The molecule has 0 aliphatic heterocycles. The Balaban J connectivity index is 0. The Labute approximate surface area is 222 Å². The van der Waals surface area contributed by atoms with E-state index in [0.717, 1.165) is 19.3 Å². The van der Waals surface area contributed by atoms with Crippen LogP contribution in [0.3, 0.4) is 0 Å². The van der Waals surface area contributed by atoms with Crippen molar-refractivity contribution >= 4 is 46.9 Å². The predicted molar refractivity (Wildman–Crippen MR) is 136 cm³/mol. The summed E-state index contributed by atoms with van der Waals surface area (Å²) in [4.78, 5) is 37.2. The normalized spacial score (nSPS) is 11.2. The van der Waals surface area contributed by atoms with Gasteiger partial charge in [-0.1, -0.05) is 58.6 Å². The maximum absolute atomic E-state index is 13.2. The first-order valence-electron chi connectivity index (χ1n) is 11.6. The van der Waals surface area contributed by atoms with Crippen LogP contribution in [0.25, 0.3) is 0 Å². The molecule has 0 aromatic rings. The SMILES string of the molecule is C=C(C)C(=O)OCC(CCCCCC)(COC(=O)C(=C)C)C(=O)OCCCCCCS(=O)(=O)O.[LiH]. The van der Waals surface area contributed by atoms with Crippen molar-refractivity contribution in [2.24, 2.45) is 5.41 Å². The summed E-state index contributed by atoms with van der Waals surface area (Å²) in [5, 5.41) is 0. The van der Waals surface area contributed by atoms with Gasteiger partial charge in [0, 0.05) is 11.1 Å². The van der Waals surface area contributed by atoms with Crippen molar-refractivity contribution in [2.75, 3.05) is 25.6 Å². The van der Waals surface area contributed by atoms with Crippen LogP contribution in [-0.4, -0.2) is 75.3 Å². The van der Waals surface area contributed by atoms with E-state index >= 15 is 0 Å². The molecule has 0 aromatic carbocycles. The molecule has 198 valence electrons. The molecule has 0 saturated carbocycles. The third kappa shape index (κ3) is 16.7. The Morgan fingerprint density at radius 2 is 1.29 bits per heavy atom. The second-order valence-corrected chi connectivity index (χ2v) is 10.2. The first-order chi connectivity index (χ1) is 15.8. The molecule has 1 N–H and O–H groups in total. The van der Waals surface area contributed by atoms with E-state index < -0.39 is 33.4 Å². The van der Waals surface area contributed by atoms with E-state index in [4.69, 9.17) is 18.8 Å². The third-order valence-corrected chi connectivity index (χ3v) is 5.93. The Hall–Kier alpha value is -1.60. The van der Waals surface area contributed by atoms with Crippen LogP contribution in [0.5, 0.6) is 0 Å². The van der Waals surface area contributed by atoms with Crippen LogP contribution >= 0.6 is 0 Å². The molecule has 0 aliphatic carbocycles. The first-order valence-corrected chi connectivity index (χ1v) is 13.2. The summed E-state index contributed by atoms with van der Waals surface area (Å²) in [7, 11) is -3.98. The minimum atomic E-state index is -3.98. The quantitative estimate of drug-likeness (QED) is 0.0689. The molecule has 0 rings (SSSR count). The zero-order valence-corrected chi connectivity index (χ0v) is 21.5. The molecule has 0 atom stereocenters. The average Bonchev–Trinajstić information content (AvgIpc) is 2.75. The van der Waals surface area contributed by atoms with Crippen LogP contribution in [0.1, 0.15) is 78.6 Å². The van der Waals surface area contributed by atoms with E-state index in [9.17, 15) is 22.8 Å². The number of ether oxygens (including phenoxy) is 3. The zero-order chi connectivity index (χ0) is 26.2. The molecule has 0 heterocycles. The van der Waals surface area contributed by atoms with Crippen LogP contribution in [0, 0.1) is 5.41 Å². The van der Waals surface area contributed by atoms with Crippen LogP contribution in [0.15, 0.2) is 24.3 Å². The van der Waals surface area contributed by atoms with Gasteiger partial charge in [-0.25, -0.2) is 9.59 Å². The fraction of sp³-hybridized carbons (Fsp3) is 0.708. The van der Waals surface area contributed by atoms with Gasteiger partial charge in [-0.05, 0) is 33.1 Å². The molecule has 0 fully saturated rings. The second-order valence-electron chi connectivity index (χ2n) is 8.64. The number of unbranched alkanes of at least 4 members (excludes halogenated alkanes) is 6. The van der Waals surface area contributed by atoms with Crippen molar-refractivity contribution < 1.29 is 41.6 Å². The summed E-state index contributed by atoms with van der Waals surface area (Å²) in [6.45, 7) is 11.6. The first kappa shape index (κ1) is 35.6. The Bertz CT molecular complexity index is 776. The van der Waals surface area contributed by atoms with Crippen LogP contribution in [0.2, 0.25) is 0 Å². The molecule has 0 spiro atoms. The standard InChI is InChI=1S/C24H40O9S.Li.H/c1-6-7-8-11-14-24(17-32-21(25)19(2)3,18-33-22(26)20(4)5)23(27)31-15-12-9-10-13-16-34(28,29)30;;/h2,4,6-18H2,1,3,5H3,(H,28,29,30);;. The number of carbonyl (C=O) groups excluding carboxylic acids is 3. The molecule has 0 saturated heterocycles. The summed E-state index contributed by atoms with van der Waals surface area (Å²) < 4.78 is 46.3. The summed E-state index contributed by atoms with van der Waals surface area (Å²) in [5.74, 6) is -2.26. The van der Waals surface area contributed by atoms with Gasteiger partial charge in [-0.2, -0.15) is 8.42 Å². The molecule has 9 nitrogen and oxygen atoms in total. The van der Waals surface area contributed by atoms with Gasteiger partial charge in [0.25, 0.3) is 10.1 Å². The second kappa shape index (κ2) is 18.6. The molecule has 0 radical (unpaired) electrons. The predicted octanol–water partition coefficient (Wildman–Crippen LogP) is 3.52.